The van der Waals surface area contributed by atoms with Crippen LogP contribution in [0.3, 0.4) is 0 Å². The van der Waals surface area contributed by atoms with Crippen LogP contribution in [0.15, 0.2) is 30.3 Å². The highest BCUT2D eigenvalue weighted by atomic mass is 16.4. The monoisotopic (exact) mass is 288 g/mol. The van der Waals surface area contributed by atoms with Gasteiger partial charge in [-0.1, -0.05) is 30.3 Å². The average Bonchev–Trinajstić information content (AvgIpc) is 3.27. The van der Waals surface area contributed by atoms with E-state index in [-0.39, 0.29) is 6.04 Å². The fourth-order valence-electron chi connectivity index (χ4n) is 3.49. The zero-order valence-corrected chi connectivity index (χ0v) is 12.3. The van der Waals surface area contributed by atoms with Crippen molar-refractivity contribution in [2.24, 2.45) is 5.92 Å². The minimum Gasteiger partial charge on any atom is -0.465 e. The normalized spacial score (nSPS) is 31.6. The molecule has 2 atom stereocenters. The summed E-state index contributed by atoms with van der Waals surface area (Å²) in [7, 11) is 0. The van der Waals surface area contributed by atoms with E-state index in [4.69, 9.17) is 5.11 Å². The first kappa shape index (κ1) is 14.4. The maximum absolute atomic E-state index is 10.6. The molecule has 1 amide bonds. The molecule has 2 fully saturated rings. The van der Waals surface area contributed by atoms with Crippen LogP contribution in [-0.4, -0.2) is 29.8 Å². The van der Waals surface area contributed by atoms with Crippen LogP contribution in [0.5, 0.6) is 0 Å². The Morgan fingerprint density at radius 2 is 1.86 bits per heavy atom. The number of carboxylic acid groups (broad SMARTS) is 1. The van der Waals surface area contributed by atoms with Crippen molar-refractivity contribution in [3.63, 3.8) is 0 Å². The van der Waals surface area contributed by atoms with Crippen LogP contribution in [0, 0.1) is 5.92 Å². The Morgan fingerprint density at radius 3 is 2.52 bits per heavy atom. The highest BCUT2D eigenvalue weighted by molar-refractivity contribution is 5.64. The molecule has 1 aromatic rings. The van der Waals surface area contributed by atoms with Gasteiger partial charge in [-0.25, -0.2) is 4.79 Å². The lowest BCUT2D eigenvalue weighted by atomic mass is 9.86. The molecule has 0 spiro atoms. The molecular formula is C17H24N2O2. The standard InChI is InChI=1S/C17H24N2O2/c20-17(21)19-14-8-6-12(7-9-14)11-18-16-10-15(16)13-4-2-1-3-5-13/h1-5,12,14-16,18-19H,6-11H2,(H,20,21). The first-order valence-electron chi connectivity index (χ1n) is 8.00. The van der Waals surface area contributed by atoms with Crippen LogP contribution in [0.4, 0.5) is 4.79 Å². The molecule has 0 saturated heterocycles. The van der Waals surface area contributed by atoms with Crippen molar-refractivity contribution < 1.29 is 9.90 Å². The van der Waals surface area contributed by atoms with Gasteiger partial charge in [0.2, 0.25) is 0 Å². The largest absolute Gasteiger partial charge is 0.465 e. The molecule has 2 aliphatic rings. The van der Waals surface area contributed by atoms with Crippen LogP contribution >= 0.6 is 0 Å². The van der Waals surface area contributed by atoms with Gasteiger partial charge in [-0.3, -0.25) is 0 Å². The Kier molecular flexibility index (Phi) is 4.44. The molecule has 0 aromatic heterocycles. The second-order valence-corrected chi connectivity index (χ2v) is 6.43. The molecule has 21 heavy (non-hydrogen) atoms. The minimum atomic E-state index is -0.889. The van der Waals surface area contributed by atoms with E-state index in [2.05, 4.69) is 41.0 Å². The summed E-state index contributed by atoms with van der Waals surface area (Å²) in [6.45, 7) is 1.08. The first-order chi connectivity index (χ1) is 10.2. The third-order valence-electron chi connectivity index (χ3n) is 4.86. The Labute approximate surface area is 125 Å². The van der Waals surface area contributed by atoms with Crippen molar-refractivity contribution in [3.05, 3.63) is 35.9 Å². The van der Waals surface area contributed by atoms with E-state index in [0.717, 1.165) is 32.2 Å². The summed E-state index contributed by atoms with van der Waals surface area (Å²) in [5.41, 5.74) is 1.45. The number of nitrogens with one attached hydrogen (secondary N) is 2. The fourth-order valence-corrected chi connectivity index (χ4v) is 3.49. The topological polar surface area (TPSA) is 61.4 Å². The molecule has 2 unspecified atom stereocenters. The molecule has 2 saturated carbocycles. The lowest BCUT2D eigenvalue weighted by Gasteiger charge is -2.28. The van der Waals surface area contributed by atoms with E-state index < -0.39 is 6.09 Å². The summed E-state index contributed by atoms with van der Waals surface area (Å²) >= 11 is 0. The maximum Gasteiger partial charge on any atom is 0.404 e. The molecule has 114 valence electrons. The Morgan fingerprint density at radius 1 is 1.14 bits per heavy atom. The third kappa shape index (κ3) is 3.97. The van der Waals surface area contributed by atoms with Crippen molar-refractivity contribution in [1.29, 1.82) is 0 Å². The van der Waals surface area contributed by atoms with Gasteiger partial charge in [-0.2, -0.15) is 0 Å². The fraction of sp³-hybridized carbons (Fsp3) is 0.588. The highest BCUT2D eigenvalue weighted by Crippen LogP contribution is 2.40. The number of rotatable bonds is 5. The predicted octanol–water partition coefficient (Wildman–Crippen LogP) is 2.96. The predicted molar refractivity (Wildman–Crippen MR) is 82.5 cm³/mol. The van der Waals surface area contributed by atoms with Gasteiger partial charge >= 0.3 is 6.09 Å². The van der Waals surface area contributed by atoms with Crippen molar-refractivity contribution in [1.82, 2.24) is 10.6 Å². The van der Waals surface area contributed by atoms with Gasteiger partial charge in [-0.05, 0) is 50.1 Å². The summed E-state index contributed by atoms with van der Waals surface area (Å²) < 4.78 is 0. The number of benzene rings is 1. The number of hydrogen-bond donors (Lipinski definition) is 3. The van der Waals surface area contributed by atoms with Gasteiger partial charge in [0, 0.05) is 18.0 Å². The van der Waals surface area contributed by atoms with E-state index in [9.17, 15) is 4.79 Å². The summed E-state index contributed by atoms with van der Waals surface area (Å²) in [4.78, 5) is 10.6. The molecule has 2 aliphatic carbocycles. The minimum absolute atomic E-state index is 0.164. The highest BCUT2D eigenvalue weighted by Gasteiger charge is 2.38. The molecular weight excluding hydrogens is 264 g/mol. The van der Waals surface area contributed by atoms with E-state index in [1.807, 2.05) is 0 Å². The van der Waals surface area contributed by atoms with E-state index in [1.165, 1.54) is 12.0 Å². The molecule has 3 N–H and O–H groups in total. The Balaban J connectivity index is 1.35. The first-order valence-corrected chi connectivity index (χ1v) is 8.00. The van der Waals surface area contributed by atoms with Crippen molar-refractivity contribution in [2.75, 3.05) is 6.54 Å². The number of amides is 1. The smallest absolute Gasteiger partial charge is 0.404 e. The van der Waals surface area contributed by atoms with Crippen LogP contribution in [-0.2, 0) is 0 Å². The second-order valence-electron chi connectivity index (χ2n) is 6.43. The van der Waals surface area contributed by atoms with E-state index >= 15 is 0 Å². The van der Waals surface area contributed by atoms with Crippen LogP contribution in [0.1, 0.15) is 43.6 Å². The quantitative estimate of drug-likeness (QED) is 0.780. The van der Waals surface area contributed by atoms with Crippen molar-refractivity contribution in [3.8, 4) is 0 Å². The van der Waals surface area contributed by atoms with Crippen molar-refractivity contribution >= 4 is 6.09 Å². The number of carbonyl (C=O) groups is 1. The molecule has 4 heteroatoms. The molecule has 0 radical (unpaired) electrons. The maximum atomic E-state index is 10.6. The van der Waals surface area contributed by atoms with Gasteiger partial charge in [0.15, 0.2) is 0 Å². The third-order valence-corrected chi connectivity index (χ3v) is 4.86. The summed E-state index contributed by atoms with van der Waals surface area (Å²) in [6.07, 6.45) is 4.57. The Bertz CT molecular complexity index is 469. The van der Waals surface area contributed by atoms with Gasteiger partial charge in [0.1, 0.15) is 0 Å². The second kappa shape index (κ2) is 6.48. The molecule has 1 aromatic carbocycles. The molecule has 0 heterocycles. The molecule has 0 bridgehead atoms. The molecule has 0 aliphatic heterocycles. The van der Waals surface area contributed by atoms with Gasteiger partial charge in [0.25, 0.3) is 0 Å². The summed E-state index contributed by atoms with van der Waals surface area (Å²) in [5, 5.41) is 15.0. The van der Waals surface area contributed by atoms with Crippen molar-refractivity contribution in [2.45, 2.75) is 50.1 Å². The summed E-state index contributed by atoms with van der Waals surface area (Å²) in [5.74, 6) is 1.39. The van der Waals surface area contributed by atoms with Gasteiger partial charge in [0.05, 0.1) is 0 Å². The Hall–Kier alpha value is -1.55. The van der Waals surface area contributed by atoms with Gasteiger partial charge < -0.3 is 15.7 Å². The van der Waals surface area contributed by atoms with Crippen LogP contribution in [0.2, 0.25) is 0 Å². The molecule has 4 nitrogen and oxygen atoms in total. The molecule has 3 rings (SSSR count). The SMILES string of the molecule is O=C(O)NC1CCC(CNC2CC2c2ccccc2)CC1. The van der Waals surface area contributed by atoms with Gasteiger partial charge in [-0.15, -0.1) is 0 Å². The van der Waals surface area contributed by atoms with E-state index in [0.29, 0.717) is 17.9 Å². The number of hydrogen-bond acceptors (Lipinski definition) is 2. The zero-order valence-electron chi connectivity index (χ0n) is 12.3. The lowest BCUT2D eigenvalue weighted by molar-refractivity contribution is 0.182. The van der Waals surface area contributed by atoms with Crippen LogP contribution < -0.4 is 10.6 Å². The van der Waals surface area contributed by atoms with Crippen LogP contribution in [0.25, 0.3) is 0 Å². The summed E-state index contributed by atoms with van der Waals surface area (Å²) in [6, 6.07) is 11.5. The average molecular weight is 288 g/mol. The lowest BCUT2D eigenvalue weighted by Crippen LogP contribution is -2.38. The zero-order chi connectivity index (χ0) is 14.7. The van der Waals surface area contributed by atoms with E-state index in [1.54, 1.807) is 0 Å².